The zero-order valence-electron chi connectivity index (χ0n) is 8.43. The van der Waals surface area contributed by atoms with Gasteiger partial charge in [0.25, 0.3) is 0 Å². The van der Waals surface area contributed by atoms with Crippen molar-refractivity contribution in [3.8, 4) is 0 Å². The van der Waals surface area contributed by atoms with Crippen molar-refractivity contribution in [1.29, 1.82) is 0 Å². The van der Waals surface area contributed by atoms with Gasteiger partial charge in [0.2, 0.25) is 0 Å². The molecule has 0 aromatic heterocycles. The third-order valence-corrected chi connectivity index (χ3v) is 2.69. The number of hydrogen-bond donors (Lipinski definition) is 0. The van der Waals surface area contributed by atoms with Gasteiger partial charge < -0.3 is 0 Å². The second kappa shape index (κ2) is 3.37. The van der Waals surface area contributed by atoms with Crippen LogP contribution in [0.1, 0.15) is 37.0 Å². The molecule has 0 saturated heterocycles. The van der Waals surface area contributed by atoms with Crippen molar-refractivity contribution in [3.05, 3.63) is 40.5 Å². The summed E-state index contributed by atoms with van der Waals surface area (Å²) < 4.78 is 0. The Morgan fingerprint density at radius 2 is 2.15 bits per heavy atom. The summed E-state index contributed by atoms with van der Waals surface area (Å²) in [6.45, 7) is 4.46. The van der Waals surface area contributed by atoms with Crippen molar-refractivity contribution in [2.75, 3.05) is 0 Å². The van der Waals surface area contributed by atoms with E-state index in [2.05, 4.69) is 38.1 Å². The number of fused-ring (bicyclic) bond motifs is 1. The smallest absolute Gasteiger partial charge is 0.00579 e. The quantitative estimate of drug-likeness (QED) is 0.639. The monoisotopic (exact) mass is 172 g/mol. The molecule has 2 rings (SSSR count). The van der Waals surface area contributed by atoms with Crippen molar-refractivity contribution in [2.24, 2.45) is 0 Å². The number of benzene rings is 1. The van der Waals surface area contributed by atoms with E-state index in [1.807, 2.05) is 0 Å². The topological polar surface area (TPSA) is 0 Å². The molecule has 0 bridgehead atoms. The van der Waals surface area contributed by atoms with Crippen molar-refractivity contribution < 1.29 is 0 Å². The maximum Gasteiger partial charge on any atom is -0.00579 e. The van der Waals surface area contributed by atoms with Crippen LogP contribution >= 0.6 is 0 Å². The highest BCUT2D eigenvalue weighted by atomic mass is 14.2. The lowest BCUT2D eigenvalue weighted by Crippen LogP contribution is -1.93. The second-order valence-electron chi connectivity index (χ2n) is 3.90. The molecular weight excluding hydrogens is 156 g/mol. The van der Waals surface area contributed by atoms with Crippen molar-refractivity contribution in [2.45, 2.75) is 33.1 Å². The molecule has 0 spiro atoms. The Balaban J connectivity index is 2.39. The minimum absolute atomic E-state index is 1.17. The van der Waals surface area contributed by atoms with E-state index in [-0.39, 0.29) is 0 Å². The van der Waals surface area contributed by atoms with Crippen LogP contribution in [0.5, 0.6) is 0 Å². The Hall–Kier alpha value is -1.04. The molecule has 1 aromatic carbocycles. The van der Waals surface area contributed by atoms with Crippen LogP contribution in [0.15, 0.2) is 23.8 Å². The zero-order chi connectivity index (χ0) is 9.26. The first-order valence-electron chi connectivity index (χ1n) is 5.09. The largest absolute Gasteiger partial charge is 0.0683 e. The van der Waals surface area contributed by atoms with Gasteiger partial charge in [-0.2, -0.15) is 0 Å². The summed E-state index contributed by atoms with van der Waals surface area (Å²) in [6, 6.07) is 6.68. The maximum absolute atomic E-state index is 2.31. The predicted molar refractivity (Wildman–Crippen MR) is 57.8 cm³/mol. The van der Waals surface area contributed by atoms with Gasteiger partial charge in [0, 0.05) is 0 Å². The summed E-state index contributed by atoms with van der Waals surface area (Å²) in [4.78, 5) is 0. The van der Waals surface area contributed by atoms with Crippen LogP contribution in [0.4, 0.5) is 0 Å². The average molecular weight is 172 g/mol. The second-order valence-corrected chi connectivity index (χ2v) is 3.90. The van der Waals surface area contributed by atoms with E-state index in [1.54, 1.807) is 11.1 Å². The summed E-state index contributed by atoms with van der Waals surface area (Å²) in [5.41, 5.74) is 6.07. The van der Waals surface area contributed by atoms with E-state index in [9.17, 15) is 0 Å². The molecule has 68 valence electrons. The fraction of sp³-hybridized carbons (Fsp3) is 0.385. The van der Waals surface area contributed by atoms with Gasteiger partial charge in [0.15, 0.2) is 0 Å². The Morgan fingerprint density at radius 3 is 2.92 bits per heavy atom. The molecule has 0 fully saturated rings. The Morgan fingerprint density at radius 1 is 1.31 bits per heavy atom. The Labute approximate surface area is 80.3 Å². The molecule has 0 saturated carbocycles. The van der Waals surface area contributed by atoms with E-state index in [1.165, 1.54) is 30.4 Å². The van der Waals surface area contributed by atoms with E-state index < -0.39 is 0 Å². The summed E-state index contributed by atoms with van der Waals surface area (Å²) in [6.07, 6.45) is 5.96. The minimum Gasteiger partial charge on any atom is -0.0683 e. The molecular formula is C13H16. The van der Waals surface area contributed by atoms with Crippen LogP contribution in [-0.4, -0.2) is 0 Å². The highest BCUT2D eigenvalue weighted by Crippen LogP contribution is 2.28. The first kappa shape index (κ1) is 8.55. The first-order chi connectivity index (χ1) is 6.31. The van der Waals surface area contributed by atoms with Gasteiger partial charge in [-0.3, -0.25) is 0 Å². The van der Waals surface area contributed by atoms with E-state index in [0.717, 1.165) is 0 Å². The molecule has 0 nitrogen and oxygen atoms in total. The third kappa shape index (κ3) is 1.53. The fourth-order valence-corrected chi connectivity index (χ4v) is 2.10. The SMILES string of the molecule is CCCc1cccc2c1CC(C)=C2. The molecule has 1 aliphatic rings. The minimum atomic E-state index is 1.17. The molecule has 0 aliphatic heterocycles. The zero-order valence-corrected chi connectivity index (χ0v) is 8.43. The standard InChI is InChI=1S/C13H16/c1-3-5-11-6-4-7-12-8-10(2)9-13(11)12/h4,6-8H,3,5,9H2,1-2H3. The Bertz CT molecular complexity index is 345. The van der Waals surface area contributed by atoms with Crippen molar-refractivity contribution in [3.63, 3.8) is 0 Å². The molecule has 0 heteroatoms. The van der Waals surface area contributed by atoms with Crippen molar-refractivity contribution >= 4 is 6.08 Å². The fourth-order valence-electron chi connectivity index (χ4n) is 2.10. The molecule has 13 heavy (non-hydrogen) atoms. The predicted octanol–water partition coefficient (Wildman–Crippen LogP) is 3.60. The van der Waals surface area contributed by atoms with Gasteiger partial charge in [0.05, 0.1) is 0 Å². The van der Waals surface area contributed by atoms with E-state index >= 15 is 0 Å². The van der Waals surface area contributed by atoms with Gasteiger partial charge in [-0.25, -0.2) is 0 Å². The van der Waals surface area contributed by atoms with E-state index in [0.29, 0.717) is 0 Å². The van der Waals surface area contributed by atoms with Crippen LogP contribution in [0.3, 0.4) is 0 Å². The lowest BCUT2D eigenvalue weighted by atomic mass is 9.99. The van der Waals surface area contributed by atoms with Gasteiger partial charge in [-0.05, 0) is 36.5 Å². The lowest BCUT2D eigenvalue weighted by molar-refractivity contribution is 0.905. The van der Waals surface area contributed by atoms with Crippen LogP contribution in [0.25, 0.3) is 6.08 Å². The van der Waals surface area contributed by atoms with Gasteiger partial charge in [-0.15, -0.1) is 0 Å². The summed E-state index contributed by atoms with van der Waals surface area (Å²) >= 11 is 0. The maximum atomic E-state index is 2.31. The molecule has 0 heterocycles. The molecule has 0 radical (unpaired) electrons. The summed E-state index contributed by atoms with van der Waals surface area (Å²) in [5, 5.41) is 0. The molecule has 0 atom stereocenters. The molecule has 0 unspecified atom stereocenters. The van der Waals surface area contributed by atoms with Crippen LogP contribution < -0.4 is 0 Å². The van der Waals surface area contributed by atoms with E-state index in [4.69, 9.17) is 0 Å². The first-order valence-corrected chi connectivity index (χ1v) is 5.09. The normalized spacial score (nSPS) is 14.2. The van der Waals surface area contributed by atoms with Crippen LogP contribution in [-0.2, 0) is 12.8 Å². The number of hydrogen-bond acceptors (Lipinski definition) is 0. The van der Waals surface area contributed by atoms with Gasteiger partial charge in [-0.1, -0.05) is 43.2 Å². The Kier molecular flexibility index (Phi) is 2.22. The number of allylic oxidation sites excluding steroid dienone is 1. The third-order valence-electron chi connectivity index (χ3n) is 2.69. The average Bonchev–Trinajstić information content (AvgIpc) is 2.47. The van der Waals surface area contributed by atoms with Gasteiger partial charge in [0.1, 0.15) is 0 Å². The summed E-state index contributed by atoms with van der Waals surface area (Å²) in [5.74, 6) is 0. The molecule has 1 aliphatic carbocycles. The molecule has 1 aromatic rings. The highest BCUT2D eigenvalue weighted by Gasteiger charge is 2.12. The summed E-state index contributed by atoms with van der Waals surface area (Å²) in [7, 11) is 0. The lowest BCUT2D eigenvalue weighted by Gasteiger charge is -2.06. The number of aryl methyl sites for hydroxylation is 1. The number of rotatable bonds is 2. The molecule has 0 N–H and O–H groups in total. The highest BCUT2D eigenvalue weighted by molar-refractivity contribution is 5.65. The van der Waals surface area contributed by atoms with Crippen LogP contribution in [0.2, 0.25) is 0 Å². The van der Waals surface area contributed by atoms with Crippen LogP contribution in [0, 0.1) is 0 Å². The van der Waals surface area contributed by atoms with Gasteiger partial charge >= 0.3 is 0 Å². The van der Waals surface area contributed by atoms with Crippen molar-refractivity contribution in [1.82, 2.24) is 0 Å². The molecule has 0 amide bonds.